The number of aryl methyl sites for hydroxylation is 1. The molecule has 2 aromatic rings. The van der Waals surface area contributed by atoms with Crippen molar-refractivity contribution in [3.63, 3.8) is 0 Å². The Labute approximate surface area is 98.3 Å². The number of anilines is 1. The van der Waals surface area contributed by atoms with Crippen molar-refractivity contribution in [2.45, 2.75) is 13.5 Å². The zero-order chi connectivity index (χ0) is 11.4. The molecule has 0 unspecified atom stereocenters. The van der Waals surface area contributed by atoms with Crippen LogP contribution >= 0.6 is 11.3 Å². The van der Waals surface area contributed by atoms with Crippen LogP contribution in [-0.4, -0.2) is 17.1 Å². The number of thiophene rings is 1. The Hall–Kier alpha value is -1.62. The van der Waals surface area contributed by atoms with E-state index in [1.165, 1.54) is 10.4 Å². The van der Waals surface area contributed by atoms with Gasteiger partial charge >= 0.3 is 0 Å². The monoisotopic (exact) mass is 235 g/mol. The van der Waals surface area contributed by atoms with Gasteiger partial charge in [-0.2, -0.15) is 4.98 Å². The summed E-state index contributed by atoms with van der Waals surface area (Å²) in [5.74, 6) is 1.16. The average molecular weight is 235 g/mol. The second-order valence-electron chi connectivity index (χ2n) is 3.30. The van der Waals surface area contributed by atoms with Gasteiger partial charge < -0.3 is 10.1 Å². The van der Waals surface area contributed by atoms with Crippen LogP contribution in [-0.2, 0) is 6.54 Å². The molecule has 0 spiro atoms. The molecule has 0 amide bonds. The highest BCUT2D eigenvalue weighted by atomic mass is 32.1. The number of aromatic nitrogens is 2. The normalized spacial score (nSPS) is 10.1. The van der Waals surface area contributed by atoms with E-state index in [0.29, 0.717) is 11.8 Å². The molecule has 0 aliphatic heterocycles. The summed E-state index contributed by atoms with van der Waals surface area (Å²) < 4.78 is 5.03. The fourth-order valence-corrected chi connectivity index (χ4v) is 2.13. The number of methoxy groups -OCH3 is 1. The number of hydrogen-bond acceptors (Lipinski definition) is 5. The molecule has 0 fully saturated rings. The van der Waals surface area contributed by atoms with Gasteiger partial charge in [0.25, 0.3) is 0 Å². The molecular formula is C11H13N3OS. The van der Waals surface area contributed by atoms with E-state index in [1.807, 2.05) is 0 Å². The SMILES string of the molecule is COc1ccnc(NCc2sccc2C)n1. The van der Waals surface area contributed by atoms with Crippen molar-refractivity contribution in [1.29, 1.82) is 0 Å². The van der Waals surface area contributed by atoms with Crippen LogP contribution in [0.15, 0.2) is 23.7 Å². The quantitative estimate of drug-likeness (QED) is 0.884. The first-order chi connectivity index (χ1) is 7.79. The van der Waals surface area contributed by atoms with Gasteiger partial charge in [0.1, 0.15) is 0 Å². The Kier molecular flexibility index (Phi) is 3.36. The predicted octanol–water partition coefficient (Wildman–Crippen LogP) is 2.47. The Morgan fingerprint density at radius 2 is 2.31 bits per heavy atom. The van der Waals surface area contributed by atoms with Gasteiger partial charge in [-0.05, 0) is 23.9 Å². The molecule has 2 aromatic heterocycles. The zero-order valence-corrected chi connectivity index (χ0v) is 10.0. The van der Waals surface area contributed by atoms with Gasteiger partial charge in [-0.15, -0.1) is 11.3 Å². The molecule has 0 saturated heterocycles. The van der Waals surface area contributed by atoms with Crippen LogP contribution in [0.2, 0.25) is 0 Å². The van der Waals surface area contributed by atoms with Crippen molar-refractivity contribution in [2.75, 3.05) is 12.4 Å². The van der Waals surface area contributed by atoms with Gasteiger partial charge in [-0.3, -0.25) is 0 Å². The van der Waals surface area contributed by atoms with E-state index in [0.717, 1.165) is 6.54 Å². The Balaban J connectivity index is 2.02. The van der Waals surface area contributed by atoms with Crippen LogP contribution in [0.5, 0.6) is 5.88 Å². The van der Waals surface area contributed by atoms with Gasteiger partial charge in [0.15, 0.2) is 0 Å². The van der Waals surface area contributed by atoms with Crippen LogP contribution < -0.4 is 10.1 Å². The van der Waals surface area contributed by atoms with E-state index in [9.17, 15) is 0 Å². The van der Waals surface area contributed by atoms with Crippen molar-refractivity contribution < 1.29 is 4.74 Å². The maximum Gasteiger partial charge on any atom is 0.226 e. The lowest BCUT2D eigenvalue weighted by molar-refractivity contribution is 0.397. The second-order valence-corrected chi connectivity index (χ2v) is 4.30. The van der Waals surface area contributed by atoms with Crippen LogP contribution in [0.25, 0.3) is 0 Å². The second kappa shape index (κ2) is 4.94. The molecule has 0 radical (unpaired) electrons. The molecule has 4 nitrogen and oxygen atoms in total. The number of nitrogens with one attached hydrogen (secondary N) is 1. The van der Waals surface area contributed by atoms with Crippen molar-refractivity contribution in [1.82, 2.24) is 9.97 Å². The summed E-state index contributed by atoms with van der Waals surface area (Å²) in [7, 11) is 1.59. The van der Waals surface area contributed by atoms with E-state index < -0.39 is 0 Å². The first kappa shape index (κ1) is 10.9. The van der Waals surface area contributed by atoms with Crippen LogP contribution in [0.1, 0.15) is 10.4 Å². The minimum absolute atomic E-state index is 0.570. The summed E-state index contributed by atoms with van der Waals surface area (Å²) >= 11 is 1.73. The lowest BCUT2D eigenvalue weighted by Gasteiger charge is -2.05. The highest BCUT2D eigenvalue weighted by Gasteiger charge is 2.02. The van der Waals surface area contributed by atoms with Gasteiger partial charge in [0, 0.05) is 17.1 Å². The van der Waals surface area contributed by atoms with Crippen LogP contribution in [0.4, 0.5) is 5.95 Å². The van der Waals surface area contributed by atoms with Gasteiger partial charge in [-0.1, -0.05) is 0 Å². The summed E-state index contributed by atoms with van der Waals surface area (Å²) in [6.07, 6.45) is 1.68. The minimum atomic E-state index is 0.570. The maximum atomic E-state index is 5.03. The number of hydrogen-bond donors (Lipinski definition) is 1. The van der Waals surface area contributed by atoms with Gasteiger partial charge in [0.2, 0.25) is 11.8 Å². The zero-order valence-electron chi connectivity index (χ0n) is 9.23. The number of nitrogens with zero attached hydrogens (tertiary/aromatic N) is 2. The lowest BCUT2D eigenvalue weighted by Crippen LogP contribution is -2.03. The van der Waals surface area contributed by atoms with Crippen molar-refractivity contribution >= 4 is 17.3 Å². The van der Waals surface area contributed by atoms with Crippen LogP contribution in [0, 0.1) is 6.92 Å². The molecule has 0 aliphatic rings. The van der Waals surface area contributed by atoms with Crippen LogP contribution in [0.3, 0.4) is 0 Å². The molecule has 1 N–H and O–H groups in total. The third-order valence-corrected chi connectivity index (χ3v) is 3.24. The summed E-state index contributed by atoms with van der Waals surface area (Å²) in [5.41, 5.74) is 1.29. The van der Waals surface area contributed by atoms with Crippen molar-refractivity contribution in [2.24, 2.45) is 0 Å². The largest absolute Gasteiger partial charge is 0.481 e. The third kappa shape index (κ3) is 2.49. The molecule has 0 bridgehead atoms. The first-order valence-electron chi connectivity index (χ1n) is 4.93. The molecule has 2 rings (SSSR count). The predicted molar refractivity (Wildman–Crippen MR) is 65.0 cm³/mol. The molecule has 0 aromatic carbocycles. The minimum Gasteiger partial charge on any atom is -0.481 e. The van der Waals surface area contributed by atoms with E-state index in [4.69, 9.17) is 4.74 Å². The summed E-state index contributed by atoms with van der Waals surface area (Å²) in [4.78, 5) is 9.60. The average Bonchev–Trinajstić information content (AvgIpc) is 2.72. The number of rotatable bonds is 4. The molecule has 84 valence electrons. The molecule has 16 heavy (non-hydrogen) atoms. The van der Waals surface area contributed by atoms with E-state index in [-0.39, 0.29) is 0 Å². The fraction of sp³-hybridized carbons (Fsp3) is 0.273. The Morgan fingerprint density at radius 1 is 1.44 bits per heavy atom. The Bertz CT molecular complexity index is 470. The highest BCUT2D eigenvalue weighted by Crippen LogP contribution is 2.16. The molecule has 2 heterocycles. The van der Waals surface area contributed by atoms with Crippen molar-refractivity contribution in [3.05, 3.63) is 34.2 Å². The smallest absolute Gasteiger partial charge is 0.226 e. The van der Waals surface area contributed by atoms with Gasteiger partial charge in [-0.25, -0.2) is 4.98 Å². The fourth-order valence-electron chi connectivity index (χ4n) is 1.29. The summed E-state index contributed by atoms with van der Waals surface area (Å²) in [6.45, 7) is 2.84. The number of ether oxygens (including phenoxy) is 1. The first-order valence-corrected chi connectivity index (χ1v) is 5.81. The standard InChI is InChI=1S/C11H13N3OS/c1-8-4-6-16-9(8)7-13-11-12-5-3-10(14-11)15-2/h3-6H,7H2,1-2H3,(H,12,13,14). The van der Waals surface area contributed by atoms with E-state index in [1.54, 1.807) is 30.7 Å². The van der Waals surface area contributed by atoms with E-state index >= 15 is 0 Å². The summed E-state index contributed by atoms with van der Waals surface area (Å²) in [5, 5.41) is 5.25. The topological polar surface area (TPSA) is 47.0 Å². The van der Waals surface area contributed by atoms with Crippen molar-refractivity contribution in [3.8, 4) is 5.88 Å². The molecular weight excluding hydrogens is 222 g/mol. The highest BCUT2D eigenvalue weighted by molar-refractivity contribution is 7.10. The molecule has 5 heteroatoms. The Morgan fingerprint density at radius 3 is 3.00 bits per heavy atom. The maximum absolute atomic E-state index is 5.03. The molecule has 0 atom stereocenters. The summed E-state index contributed by atoms with van der Waals surface area (Å²) in [6, 6.07) is 3.83. The third-order valence-electron chi connectivity index (χ3n) is 2.21. The van der Waals surface area contributed by atoms with Gasteiger partial charge in [0.05, 0.1) is 13.7 Å². The lowest BCUT2D eigenvalue weighted by atomic mass is 10.3. The van der Waals surface area contributed by atoms with E-state index in [2.05, 4.69) is 33.7 Å². The molecule has 0 saturated carbocycles. The molecule has 0 aliphatic carbocycles.